The zero-order valence-electron chi connectivity index (χ0n) is 10.3. The summed E-state index contributed by atoms with van der Waals surface area (Å²) >= 11 is 11.9. The highest BCUT2D eigenvalue weighted by molar-refractivity contribution is 6.35. The van der Waals surface area contributed by atoms with Crippen molar-refractivity contribution >= 4 is 23.2 Å². The van der Waals surface area contributed by atoms with Crippen molar-refractivity contribution in [1.82, 2.24) is 5.43 Å². The minimum absolute atomic E-state index is 0.168. The predicted octanol–water partition coefficient (Wildman–Crippen LogP) is 4.02. The molecule has 0 fully saturated rings. The van der Waals surface area contributed by atoms with E-state index in [9.17, 15) is 8.78 Å². The molecule has 1 unspecified atom stereocenters. The maximum Gasteiger partial charge on any atom is 0.162 e. The molecule has 0 aliphatic carbocycles. The Labute approximate surface area is 125 Å². The van der Waals surface area contributed by atoms with E-state index in [1.54, 1.807) is 18.2 Å². The molecule has 0 amide bonds. The second kappa shape index (κ2) is 6.50. The van der Waals surface area contributed by atoms with Crippen LogP contribution in [0.25, 0.3) is 0 Å². The van der Waals surface area contributed by atoms with Crippen LogP contribution in [0.4, 0.5) is 8.78 Å². The molecule has 0 spiro atoms. The molecule has 6 heteroatoms. The molecule has 0 saturated carbocycles. The third kappa shape index (κ3) is 3.27. The summed E-state index contributed by atoms with van der Waals surface area (Å²) in [5, 5.41) is 0.906. The van der Waals surface area contributed by atoms with Crippen molar-refractivity contribution < 1.29 is 8.78 Å². The van der Waals surface area contributed by atoms with Gasteiger partial charge in [-0.05, 0) is 35.7 Å². The van der Waals surface area contributed by atoms with Crippen LogP contribution in [0.2, 0.25) is 10.0 Å². The van der Waals surface area contributed by atoms with Crippen molar-refractivity contribution in [2.75, 3.05) is 0 Å². The van der Waals surface area contributed by atoms with Gasteiger partial charge in [-0.2, -0.15) is 0 Å². The van der Waals surface area contributed by atoms with Crippen LogP contribution in [0.5, 0.6) is 0 Å². The summed E-state index contributed by atoms with van der Waals surface area (Å²) in [7, 11) is 0. The fourth-order valence-electron chi connectivity index (χ4n) is 1.97. The molecule has 0 heterocycles. The Kier molecular flexibility index (Phi) is 4.94. The zero-order chi connectivity index (χ0) is 14.7. The van der Waals surface area contributed by atoms with Gasteiger partial charge in [0.25, 0.3) is 0 Å². The number of rotatable bonds is 4. The molecule has 3 N–H and O–H groups in total. The lowest BCUT2D eigenvalue weighted by atomic mass is 9.99. The smallest absolute Gasteiger partial charge is 0.162 e. The Morgan fingerprint density at radius 2 is 1.90 bits per heavy atom. The molecule has 0 aliphatic heterocycles. The Bertz CT molecular complexity index is 620. The lowest BCUT2D eigenvalue weighted by Crippen LogP contribution is -2.30. The highest BCUT2D eigenvalue weighted by atomic mass is 35.5. The fraction of sp³-hybridized carbons (Fsp3) is 0.143. The van der Waals surface area contributed by atoms with Gasteiger partial charge in [0.05, 0.1) is 6.04 Å². The van der Waals surface area contributed by atoms with Gasteiger partial charge in [-0.3, -0.25) is 11.3 Å². The third-order valence-electron chi connectivity index (χ3n) is 2.99. The van der Waals surface area contributed by atoms with E-state index in [4.69, 9.17) is 29.0 Å². The lowest BCUT2D eigenvalue weighted by Gasteiger charge is -2.18. The summed E-state index contributed by atoms with van der Waals surface area (Å²) in [5.41, 5.74) is 3.45. The van der Waals surface area contributed by atoms with Gasteiger partial charge in [0, 0.05) is 10.0 Å². The number of hydrogen-bond acceptors (Lipinski definition) is 2. The van der Waals surface area contributed by atoms with Gasteiger partial charge in [-0.15, -0.1) is 0 Å². The van der Waals surface area contributed by atoms with Gasteiger partial charge in [0.15, 0.2) is 11.6 Å². The van der Waals surface area contributed by atoms with Crippen molar-refractivity contribution in [3.63, 3.8) is 0 Å². The van der Waals surface area contributed by atoms with Crippen LogP contribution in [0.15, 0.2) is 36.4 Å². The summed E-state index contributed by atoms with van der Waals surface area (Å²) in [4.78, 5) is 0. The standard InChI is InChI=1S/C14H12Cl2F2N2/c15-9-4-5-10(11(16)7-9)13(20-19)6-8-2-1-3-12(17)14(8)18/h1-5,7,13,20H,6,19H2. The van der Waals surface area contributed by atoms with Crippen molar-refractivity contribution in [2.24, 2.45) is 5.84 Å². The summed E-state index contributed by atoms with van der Waals surface area (Å²) in [6.07, 6.45) is 0.168. The molecule has 2 aromatic carbocycles. The molecule has 0 bridgehead atoms. The molecule has 2 nitrogen and oxygen atoms in total. The fourth-order valence-corrected chi connectivity index (χ4v) is 2.51. The molecule has 1 atom stereocenters. The van der Waals surface area contributed by atoms with E-state index in [0.29, 0.717) is 15.6 Å². The normalized spacial score (nSPS) is 12.4. The van der Waals surface area contributed by atoms with Crippen LogP contribution in [-0.4, -0.2) is 0 Å². The highest BCUT2D eigenvalue weighted by Crippen LogP contribution is 2.28. The number of halogens is 4. The van der Waals surface area contributed by atoms with Gasteiger partial charge in [0.1, 0.15) is 0 Å². The highest BCUT2D eigenvalue weighted by Gasteiger charge is 2.17. The van der Waals surface area contributed by atoms with E-state index in [1.807, 2.05) is 0 Å². The van der Waals surface area contributed by atoms with Crippen molar-refractivity contribution in [3.05, 3.63) is 69.2 Å². The summed E-state index contributed by atoms with van der Waals surface area (Å²) < 4.78 is 26.9. The van der Waals surface area contributed by atoms with E-state index >= 15 is 0 Å². The topological polar surface area (TPSA) is 38.0 Å². The maximum atomic E-state index is 13.7. The number of benzene rings is 2. The Balaban J connectivity index is 2.31. The summed E-state index contributed by atoms with van der Waals surface area (Å²) in [5.74, 6) is 3.72. The minimum Gasteiger partial charge on any atom is -0.271 e. The molecule has 0 radical (unpaired) electrons. The molecule has 2 rings (SSSR count). The van der Waals surface area contributed by atoms with E-state index < -0.39 is 17.7 Å². The zero-order valence-corrected chi connectivity index (χ0v) is 11.8. The first-order chi connectivity index (χ1) is 9.52. The van der Waals surface area contributed by atoms with Gasteiger partial charge in [-0.25, -0.2) is 8.78 Å². The number of nitrogens with one attached hydrogen (secondary N) is 1. The quantitative estimate of drug-likeness (QED) is 0.660. The number of hydrazine groups is 1. The maximum absolute atomic E-state index is 13.7. The van der Waals surface area contributed by atoms with Crippen LogP contribution < -0.4 is 11.3 Å². The van der Waals surface area contributed by atoms with Crippen molar-refractivity contribution in [3.8, 4) is 0 Å². The number of nitrogens with two attached hydrogens (primary N) is 1. The average Bonchev–Trinajstić information content (AvgIpc) is 2.41. The molecule has 0 aromatic heterocycles. The first-order valence-electron chi connectivity index (χ1n) is 5.87. The second-order valence-electron chi connectivity index (χ2n) is 4.30. The lowest BCUT2D eigenvalue weighted by molar-refractivity contribution is 0.481. The van der Waals surface area contributed by atoms with Crippen molar-refractivity contribution in [1.29, 1.82) is 0 Å². The van der Waals surface area contributed by atoms with Crippen LogP contribution in [0.1, 0.15) is 17.2 Å². The third-order valence-corrected chi connectivity index (χ3v) is 3.56. The Morgan fingerprint density at radius 3 is 2.55 bits per heavy atom. The Hall–Kier alpha value is -1.20. The second-order valence-corrected chi connectivity index (χ2v) is 5.15. The first-order valence-corrected chi connectivity index (χ1v) is 6.62. The first kappa shape index (κ1) is 15.2. The molecule has 20 heavy (non-hydrogen) atoms. The largest absolute Gasteiger partial charge is 0.271 e. The van der Waals surface area contributed by atoms with E-state index in [1.165, 1.54) is 12.1 Å². The molecular weight excluding hydrogens is 305 g/mol. The SMILES string of the molecule is NNC(Cc1cccc(F)c1F)c1ccc(Cl)cc1Cl. The molecule has 0 aliphatic rings. The summed E-state index contributed by atoms with van der Waals surface area (Å²) in [6.45, 7) is 0. The van der Waals surface area contributed by atoms with E-state index in [0.717, 1.165) is 6.07 Å². The number of hydrogen-bond donors (Lipinski definition) is 2. The van der Waals surface area contributed by atoms with Gasteiger partial charge in [0.2, 0.25) is 0 Å². The molecule has 0 saturated heterocycles. The molecule has 2 aromatic rings. The van der Waals surface area contributed by atoms with Crippen LogP contribution in [-0.2, 0) is 6.42 Å². The average molecular weight is 317 g/mol. The van der Waals surface area contributed by atoms with Crippen LogP contribution in [0, 0.1) is 11.6 Å². The van der Waals surface area contributed by atoms with Crippen LogP contribution in [0.3, 0.4) is 0 Å². The van der Waals surface area contributed by atoms with Crippen LogP contribution >= 0.6 is 23.2 Å². The van der Waals surface area contributed by atoms with Gasteiger partial charge < -0.3 is 0 Å². The van der Waals surface area contributed by atoms with E-state index in [2.05, 4.69) is 5.43 Å². The Morgan fingerprint density at radius 1 is 1.15 bits per heavy atom. The van der Waals surface area contributed by atoms with E-state index in [-0.39, 0.29) is 12.0 Å². The minimum atomic E-state index is -0.888. The molecular formula is C14H12Cl2F2N2. The van der Waals surface area contributed by atoms with Crippen molar-refractivity contribution in [2.45, 2.75) is 12.5 Å². The predicted molar refractivity (Wildman–Crippen MR) is 76.6 cm³/mol. The van der Waals surface area contributed by atoms with Gasteiger partial charge >= 0.3 is 0 Å². The van der Waals surface area contributed by atoms with Gasteiger partial charge in [-0.1, -0.05) is 41.4 Å². The monoisotopic (exact) mass is 316 g/mol. The summed E-state index contributed by atoms with van der Waals surface area (Å²) in [6, 6.07) is 8.51. The molecule has 106 valence electrons.